The number of imide groups is 1. The zero-order valence-electron chi connectivity index (χ0n) is 35.6. The van der Waals surface area contributed by atoms with Gasteiger partial charge in [0.15, 0.2) is 0 Å². The molecule has 0 aliphatic carbocycles. The second kappa shape index (κ2) is 38.7. The Kier molecular flexibility index (Phi) is 34.4. The number of amides is 2. The highest BCUT2D eigenvalue weighted by Gasteiger charge is 2.34. The fourth-order valence-electron chi connectivity index (χ4n) is 6.03. The molecule has 0 fully saturated rings. The Bertz CT molecular complexity index is 1110. The number of rotatable bonds is 44. The molecule has 1 aromatic rings. The summed E-state index contributed by atoms with van der Waals surface area (Å²) in [6.45, 7) is 10.7. The van der Waals surface area contributed by atoms with Gasteiger partial charge in [0.2, 0.25) is 0 Å². The lowest BCUT2D eigenvalue weighted by atomic mass is 10.0. The lowest BCUT2D eigenvalue weighted by Crippen LogP contribution is -2.33. The standard InChI is InChI=1S/C44H75NO13/c1-2-3-4-5-6-7-8-9-10-11-12-13-14-19-42(46)58-39-38-57-37-36-56-35-34-55-33-32-54-31-30-53-29-28-52-27-26-51-25-24-50-23-22-49-21-20-45-43(47)40-17-15-16-18-41(40)44(45)48/h15-18H,2-14,19-39H2,1H3. The predicted octanol–water partition coefficient (Wildman–Crippen LogP) is 6.46. The summed E-state index contributed by atoms with van der Waals surface area (Å²) < 4.78 is 54.7. The first-order chi connectivity index (χ1) is 28.6. The average molecular weight is 826 g/mol. The number of fused-ring (bicyclic) bond motifs is 1. The van der Waals surface area contributed by atoms with Crippen molar-refractivity contribution in [2.45, 2.75) is 96.8 Å². The molecule has 334 valence electrons. The van der Waals surface area contributed by atoms with Crippen LogP contribution in [-0.4, -0.2) is 155 Å². The Morgan fingerprint density at radius 1 is 0.414 bits per heavy atom. The van der Waals surface area contributed by atoms with Gasteiger partial charge in [-0.3, -0.25) is 19.3 Å². The van der Waals surface area contributed by atoms with Crippen molar-refractivity contribution in [3.05, 3.63) is 35.4 Å². The first-order valence-electron chi connectivity index (χ1n) is 22.0. The molecule has 1 heterocycles. The van der Waals surface area contributed by atoms with E-state index in [4.69, 9.17) is 47.4 Å². The highest BCUT2D eigenvalue weighted by molar-refractivity contribution is 6.21. The van der Waals surface area contributed by atoms with Crippen LogP contribution in [0, 0.1) is 0 Å². The number of hydrogen-bond acceptors (Lipinski definition) is 13. The Morgan fingerprint density at radius 3 is 1.05 bits per heavy atom. The molecule has 0 saturated carbocycles. The number of unbranched alkanes of at least 4 members (excludes halogenated alkanes) is 12. The molecule has 1 aliphatic heterocycles. The molecular weight excluding hydrogens is 750 g/mol. The highest BCUT2D eigenvalue weighted by Crippen LogP contribution is 2.22. The molecule has 14 nitrogen and oxygen atoms in total. The van der Waals surface area contributed by atoms with Crippen molar-refractivity contribution in [3.8, 4) is 0 Å². The monoisotopic (exact) mass is 826 g/mol. The van der Waals surface area contributed by atoms with Crippen LogP contribution in [0.15, 0.2) is 24.3 Å². The molecule has 0 bridgehead atoms. The quantitative estimate of drug-likeness (QED) is 0.0404. The summed E-state index contributed by atoms with van der Waals surface area (Å²) in [7, 11) is 0. The van der Waals surface area contributed by atoms with Crippen LogP contribution in [0.2, 0.25) is 0 Å². The minimum absolute atomic E-state index is 0.139. The number of benzene rings is 1. The lowest BCUT2D eigenvalue weighted by molar-refractivity contribution is -0.145. The van der Waals surface area contributed by atoms with Gasteiger partial charge in [0.25, 0.3) is 11.8 Å². The SMILES string of the molecule is CCCCCCCCCCCCCCCC(=O)OCCOCCOCCOCCOCCOCCOCCOCCOCCOCCN1C(=O)c2ccccc2C1=O. The smallest absolute Gasteiger partial charge is 0.305 e. The van der Waals surface area contributed by atoms with Gasteiger partial charge in [-0.2, -0.15) is 0 Å². The number of hydrogen-bond donors (Lipinski definition) is 0. The summed E-state index contributed by atoms with van der Waals surface area (Å²) in [6.07, 6.45) is 17.2. The van der Waals surface area contributed by atoms with Crippen LogP contribution in [0.3, 0.4) is 0 Å². The van der Waals surface area contributed by atoms with Gasteiger partial charge < -0.3 is 47.4 Å². The van der Waals surface area contributed by atoms with Gasteiger partial charge >= 0.3 is 5.97 Å². The van der Waals surface area contributed by atoms with Crippen LogP contribution in [0.5, 0.6) is 0 Å². The number of ether oxygens (including phenoxy) is 10. The predicted molar refractivity (Wildman–Crippen MR) is 220 cm³/mol. The lowest BCUT2D eigenvalue weighted by Gasteiger charge is -2.13. The van der Waals surface area contributed by atoms with E-state index in [0.717, 1.165) is 12.8 Å². The van der Waals surface area contributed by atoms with Crippen LogP contribution in [0.4, 0.5) is 0 Å². The molecular formula is C44H75NO13. The summed E-state index contributed by atoms with van der Waals surface area (Å²) >= 11 is 0. The maximum absolute atomic E-state index is 12.3. The molecule has 14 heteroatoms. The van der Waals surface area contributed by atoms with E-state index in [2.05, 4.69) is 6.92 Å². The molecule has 0 aromatic heterocycles. The third-order valence-electron chi connectivity index (χ3n) is 9.29. The van der Waals surface area contributed by atoms with E-state index in [1.165, 1.54) is 75.5 Å². The minimum atomic E-state index is -0.279. The summed E-state index contributed by atoms with van der Waals surface area (Å²) in [5.41, 5.74) is 0.881. The van der Waals surface area contributed by atoms with Crippen LogP contribution in [0.25, 0.3) is 0 Å². The van der Waals surface area contributed by atoms with Crippen LogP contribution in [-0.2, 0) is 52.2 Å². The van der Waals surface area contributed by atoms with E-state index in [1.54, 1.807) is 24.3 Å². The second-order valence-corrected chi connectivity index (χ2v) is 14.0. The first-order valence-corrected chi connectivity index (χ1v) is 22.0. The Balaban J connectivity index is 1.16. The first kappa shape index (κ1) is 51.6. The number of esters is 1. The van der Waals surface area contributed by atoms with E-state index >= 15 is 0 Å². The fourth-order valence-corrected chi connectivity index (χ4v) is 6.03. The van der Waals surface area contributed by atoms with Gasteiger partial charge in [-0.15, -0.1) is 0 Å². The van der Waals surface area contributed by atoms with Gasteiger partial charge in [0.1, 0.15) is 6.61 Å². The number of carbonyl (C=O) groups excluding carboxylic acids is 3. The second-order valence-electron chi connectivity index (χ2n) is 14.0. The van der Waals surface area contributed by atoms with Crippen LogP contribution in [0.1, 0.15) is 118 Å². The maximum Gasteiger partial charge on any atom is 0.305 e. The third-order valence-corrected chi connectivity index (χ3v) is 9.29. The van der Waals surface area contributed by atoms with Crippen molar-refractivity contribution in [1.29, 1.82) is 0 Å². The summed E-state index contributed by atoms with van der Waals surface area (Å²) in [5, 5.41) is 0. The van der Waals surface area contributed by atoms with Gasteiger partial charge in [-0.25, -0.2) is 0 Å². The summed E-state index contributed by atoms with van der Waals surface area (Å²) in [6, 6.07) is 6.82. The molecule has 0 radical (unpaired) electrons. The molecule has 0 saturated heterocycles. The summed E-state index contributed by atoms with van der Waals surface area (Å²) in [5.74, 6) is -0.697. The zero-order chi connectivity index (χ0) is 41.4. The molecule has 2 rings (SSSR count). The van der Waals surface area contributed by atoms with Gasteiger partial charge in [0.05, 0.1) is 137 Å². The van der Waals surface area contributed by atoms with Crippen molar-refractivity contribution in [2.75, 3.05) is 132 Å². The van der Waals surface area contributed by atoms with E-state index in [0.29, 0.717) is 130 Å². The van der Waals surface area contributed by atoms with Gasteiger partial charge in [-0.05, 0) is 18.6 Å². The van der Waals surface area contributed by atoms with E-state index in [1.807, 2.05) is 0 Å². The van der Waals surface area contributed by atoms with Gasteiger partial charge in [0, 0.05) is 6.42 Å². The molecule has 1 aliphatic rings. The fraction of sp³-hybridized carbons (Fsp3) is 0.795. The molecule has 1 aromatic carbocycles. The van der Waals surface area contributed by atoms with E-state index in [9.17, 15) is 14.4 Å². The van der Waals surface area contributed by atoms with Gasteiger partial charge in [-0.1, -0.05) is 96.1 Å². The molecule has 58 heavy (non-hydrogen) atoms. The maximum atomic E-state index is 12.3. The van der Waals surface area contributed by atoms with Crippen LogP contribution < -0.4 is 0 Å². The molecule has 0 N–H and O–H groups in total. The van der Waals surface area contributed by atoms with Crippen molar-refractivity contribution in [3.63, 3.8) is 0 Å². The minimum Gasteiger partial charge on any atom is -0.463 e. The Morgan fingerprint density at radius 2 is 0.707 bits per heavy atom. The van der Waals surface area contributed by atoms with Crippen LogP contribution >= 0.6 is 0 Å². The molecule has 2 amide bonds. The largest absolute Gasteiger partial charge is 0.463 e. The Hall–Kier alpha value is -2.53. The number of carbonyl (C=O) groups is 3. The zero-order valence-corrected chi connectivity index (χ0v) is 35.6. The number of nitrogens with zero attached hydrogens (tertiary/aromatic N) is 1. The van der Waals surface area contributed by atoms with Crippen molar-refractivity contribution < 1.29 is 61.8 Å². The van der Waals surface area contributed by atoms with Crippen molar-refractivity contribution in [1.82, 2.24) is 4.90 Å². The third kappa shape index (κ3) is 28.0. The van der Waals surface area contributed by atoms with E-state index in [-0.39, 0.29) is 37.5 Å². The van der Waals surface area contributed by atoms with Crippen molar-refractivity contribution >= 4 is 17.8 Å². The van der Waals surface area contributed by atoms with Crippen molar-refractivity contribution in [2.24, 2.45) is 0 Å². The molecule has 0 atom stereocenters. The topological polar surface area (TPSA) is 147 Å². The molecule has 0 spiro atoms. The molecule has 0 unspecified atom stereocenters. The average Bonchev–Trinajstić information content (AvgIpc) is 3.47. The normalized spacial score (nSPS) is 12.5. The van der Waals surface area contributed by atoms with E-state index < -0.39 is 0 Å². The Labute approximate surface area is 348 Å². The highest BCUT2D eigenvalue weighted by atomic mass is 16.6. The summed E-state index contributed by atoms with van der Waals surface area (Å²) in [4.78, 5) is 37.7.